The third kappa shape index (κ3) is 2.75. The fourth-order valence-electron chi connectivity index (χ4n) is 1.13. The second-order valence-electron chi connectivity index (χ2n) is 3.50. The van der Waals surface area contributed by atoms with Crippen LogP contribution in [0.25, 0.3) is 0 Å². The molecule has 1 heterocycles. The Bertz CT molecular complexity index is 352. The van der Waals surface area contributed by atoms with Gasteiger partial charge in [-0.25, -0.2) is 4.99 Å². The SMILES string of the molecule is C=C(C)C(F)(F)C1=CN=C(N)CCC=C1. The molecule has 2 N–H and O–H groups in total. The first-order valence-electron chi connectivity index (χ1n) is 4.67. The van der Waals surface area contributed by atoms with Gasteiger partial charge in [-0.3, -0.25) is 0 Å². The van der Waals surface area contributed by atoms with E-state index in [9.17, 15) is 8.78 Å². The van der Waals surface area contributed by atoms with Gasteiger partial charge in [0.05, 0.1) is 5.84 Å². The van der Waals surface area contributed by atoms with Crippen molar-refractivity contribution in [1.82, 2.24) is 0 Å². The zero-order chi connectivity index (χ0) is 11.5. The highest BCUT2D eigenvalue weighted by atomic mass is 19.3. The molecule has 0 aliphatic carbocycles. The van der Waals surface area contributed by atoms with Crippen molar-refractivity contribution in [3.63, 3.8) is 0 Å². The highest BCUT2D eigenvalue weighted by Gasteiger charge is 2.33. The largest absolute Gasteiger partial charge is 0.387 e. The summed E-state index contributed by atoms with van der Waals surface area (Å²) in [7, 11) is 0. The molecule has 2 nitrogen and oxygen atoms in total. The summed E-state index contributed by atoms with van der Waals surface area (Å²) in [6.07, 6.45) is 5.38. The van der Waals surface area contributed by atoms with Gasteiger partial charge in [0.15, 0.2) is 0 Å². The molecule has 0 atom stereocenters. The molecule has 0 amide bonds. The average Bonchev–Trinajstić information content (AvgIpc) is 2.11. The van der Waals surface area contributed by atoms with Crippen LogP contribution in [0, 0.1) is 0 Å². The predicted molar refractivity (Wildman–Crippen MR) is 57.8 cm³/mol. The number of amidine groups is 1. The summed E-state index contributed by atoms with van der Waals surface area (Å²) in [5.74, 6) is -2.67. The van der Waals surface area contributed by atoms with E-state index in [0.717, 1.165) is 6.20 Å². The molecule has 0 saturated carbocycles. The molecule has 0 aromatic carbocycles. The van der Waals surface area contributed by atoms with Gasteiger partial charge in [-0.1, -0.05) is 18.7 Å². The minimum Gasteiger partial charge on any atom is -0.387 e. The topological polar surface area (TPSA) is 38.4 Å². The van der Waals surface area contributed by atoms with Gasteiger partial charge >= 0.3 is 0 Å². The minimum atomic E-state index is -3.04. The Hall–Kier alpha value is -1.45. The first-order valence-corrected chi connectivity index (χ1v) is 4.67. The molecule has 0 aromatic heterocycles. The molecule has 15 heavy (non-hydrogen) atoms. The van der Waals surface area contributed by atoms with Crippen molar-refractivity contribution in [2.24, 2.45) is 10.7 Å². The maximum atomic E-state index is 13.5. The van der Waals surface area contributed by atoms with Crippen LogP contribution in [-0.2, 0) is 0 Å². The van der Waals surface area contributed by atoms with Crippen LogP contribution in [-0.4, -0.2) is 11.8 Å². The number of nitrogens with two attached hydrogens (primary N) is 1. The quantitative estimate of drug-likeness (QED) is 0.702. The normalized spacial score (nSPS) is 17.5. The monoisotopic (exact) mass is 212 g/mol. The van der Waals surface area contributed by atoms with E-state index in [1.165, 1.54) is 13.0 Å². The molecule has 0 unspecified atom stereocenters. The van der Waals surface area contributed by atoms with E-state index in [1.807, 2.05) is 0 Å². The molecule has 82 valence electrons. The van der Waals surface area contributed by atoms with Crippen LogP contribution in [0.4, 0.5) is 8.78 Å². The van der Waals surface area contributed by atoms with Crippen LogP contribution < -0.4 is 5.73 Å². The fourth-order valence-corrected chi connectivity index (χ4v) is 1.13. The second kappa shape index (κ2) is 4.38. The van der Waals surface area contributed by atoms with Crippen LogP contribution in [0.5, 0.6) is 0 Å². The van der Waals surface area contributed by atoms with E-state index >= 15 is 0 Å². The summed E-state index contributed by atoms with van der Waals surface area (Å²) >= 11 is 0. The lowest BCUT2D eigenvalue weighted by Gasteiger charge is -2.17. The second-order valence-corrected chi connectivity index (χ2v) is 3.50. The van der Waals surface area contributed by atoms with Crippen molar-refractivity contribution in [3.8, 4) is 0 Å². The Labute approximate surface area is 87.9 Å². The van der Waals surface area contributed by atoms with E-state index in [-0.39, 0.29) is 11.1 Å². The zero-order valence-corrected chi connectivity index (χ0v) is 8.63. The molecule has 0 spiro atoms. The Morgan fingerprint density at radius 3 is 2.87 bits per heavy atom. The summed E-state index contributed by atoms with van der Waals surface area (Å²) in [6.45, 7) is 4.56. The van der Waals surface area contributed by atoms with Crippen LogP contribution in [0.2, 0.25) is 0 Å². The maximum absolute atomic E-state index is 13.5. The van der Waals surface area contributed by atoms with Crippen molar-refractivity contribution in [2.45, 2.75) is 25.7 Å². The maximum Gasteiger partial charge on any atom is 0.295 e. The Morgan fingerprint density at radius 1 is 1.60 bits per heavy atom. The molecule has 0 aromatic rings. The van der Waals surface area contributed by atoms with Gasteiger partial charge < -0.3 is 5.73 Å². The molecular weight excluding hydrogens is 198 g/mol. The number of halogens is 2. The smallest absolute Gasteiger partial charge is 0.295 e. The summed E-state index contributed by atoms with van der Waals surface area (Å²) in [4.78, 5) is 3.77. The van der Waals surface area contributed by atoms with Gasteiger partial charge in [-0.05, 0) is 18.9 Å². The molecule has 0 fully saturated rings. The first-order chi connectivity index (χ1) is 6.94. The number of hydrogen-bond donors (Lipinski definition) is 1. The highest BCUT2D eigenvalue weighted by molar-refractivity contribution is 5.81. The van der Waals surface area contributed by atoms with Gasteiger partial charge in [0, 0.05) is 18.2 Å². The number of rotatable bonds is 2. The summed E-state index contributed by atoms with van der Waals surface area (Å²) < 4.78 is 27.1. The molecule has 0 bridgehead atoms. The van der Waals surface area contributed by atoms with Gasteiger partial charge in [0.1, 0.15) is 0 Å². The van der Waals surface area contributed by atoms with Crippen LogP contribution in [0.3, 0.4) is 0 Å². The summed E-state index contributed by atoms with van der Waals surface area (Å²) in [5.41, 5.74) is 5.12. The molecule has 4 heteroatoms. The molecule has 1 aliphatic rings. The van der Waals surface area contributed by atoms with E-state index in [1.54, 1.807) is 6.08 Å². The summed E-state index contributed by atoms with van der Waals surface area (Å²) in [6, 6.07) is 0. The third-order valence-electron chi connectivity index (χ3n) is 2.13. The lowest BCUT2D eigenvalue weighted by molar-refractivity contribution is 0.0874. The van der Waals surface area contributed by atoms with Crippen molar-refractivity contribution >= 4 is 5.84 Å². The number of hydrogen-bond acceptors (Lipinski definition) is 2. The fraction of sp³-hybridized carbons (Fsp3) is 0.364. The van der Waals surface area contributed by atoms with Crippen molar-refractivity contribution in [1.29, 1.82) is 0 Å². The van der Waals surface area contributed by atoms with Crippen molar-refractivity contribution < 1.29 is 8.78 Å². The van der Waals surface area contributed by atoms with Crippen LogP contribution >= 0.6 is 0 Å². The Morgan fingerprint density at radius 2 is 2.27 bits per heavy atom. The van der Waals surface area contributed by atoms with Gasteiger partial charge in [-0.2, -0.15) is 8.78 Å². The highest BCUT2D eigenvalue weighted by Crippen LogP contribution is 2.32. The summed E-state index contributed by atoms with van der Waals surface area (Å²) in [5, 5.41) is 0. The van der Waals surface area contributed by atoms with Gasteiger partial charge in [0.25, 0.3) is 5.92 Å². The van der Waals surface area contributed by atoms with Crippen LogP contribution in [0.15, 0.2) is 41.1 Å². The number of alkyl halides is 2. The lowest BCUT2D eigenvalue weighted by Crippen LogP contribution is -2.20. The predicted octanol–water partition coefficient (Wildman–Crippen LogP) is 2.79. The standard InChI is InChI=1S/C11H14F2N2/c1-8(2)11(12,13)9-5-3-4-6-10(14)15-7-9/h3,5,7H,1,4,6H2,2H3,(H2,14,15). The molecule has 0 radical (unpaired) electrons. The van der Waals surface area contributed by atoms with Crippen molar-refractivity contribution in [2.75, 3.05) is 0 Å². The van der Waals surface area contributed by atoms with E-state index in [2.05, 4.69) is 11.6 Å². The van der Waals surface area contributed by atoms with Gasteiger partial charge in [-0.15, -0.1) is 0 Å². The number of allylic oxidation sites excluding steroid dienone is 4. The Balaban J connectivity index is 3.06. The van der Waals surface area contributed by atoms with E-state index < -0.39 is 5.92 Å². The van der Waals surface area contributed by atoms with E-state index in [0.29, 0.717) is 18.7 Å². The number of aliphatic imine (C=N–C) groups is 1. The van der Waals surface area contributed by atoms with Gasteiger partial charge in [0.2, 0.25) is 0 Å². The zero-order valence-electron chi connectivity index (χ0n) is 8.63. The molecule has 1 rings (SSSR count). The third-order valence-corrected chi connectivity index (χ3v) is 2.13. The molecule has 0 saturated heterocycles. The minimum absolute atomic E-state index is 0.169. The van der Waals surface area contributed by atoms with Crippen molar-refractivity contribution in [3.05, 3.63) is 36.1 Å². The molecular formula is C11H14F2N2. The van der Waals surface area contributed by atoms with Crippen LogP contribution in [0.1, 0.15) is 19.8 Å². The lowest BCUT2D eigenvalue weighted by atomic mass is 10.0. The molecule has 1 aliphatic heterocycles. The number of nitrogens with zero attached hydrogens (tertiary/aromatic N) is 1. The Kier molecular flexibility index (Phi) is 3.39. The first kappa shape index (κ1) is 11.6. The van der Waals surface area contributed by atoms with E-state index in [4.69, 9.17) is 5.73 Å². The average molecular weight is 212 g/mol.